The van der Waals surface area contributed by atoms with Crippen LogP contribution in [0.25, 0.3) is 5.69 Å². The predicted octanol–water partition coefficient (Wildman–Crippen LogP) is 1.88. The zero-order valence-corrected chi connectivity index (χ0v) is 12.9. The van der Waals surface area contributed by atoms with Crippen molar-refractivity contribution in [1.29, 1.82) is 0 Å². The van der Waals surface area contributed by atoms with Crippen LogP contribution in [0.5, 0.6) is 0 Å². The maximum atomic E-state index is 13.1. The van der Waals surface area contributed by atoms with Gasteiger partial charge in [0.05, 0.1) is 12.2 Å². The molecule has 0 saturated heterocycles. The molecule has 0 radical (unpaired) electrons. The average molecular weight is 340 g/mol. The Bertz CT molecular complexity index is 1040. The lowest BCUT2D eigenvalue weighted by Crippen LogP contribution is -2.41. The second kappa shape index (κ2) is 6.56. The lowest BCUT2D eigenvalue weighted by atomic mass is 10.2. The Balaban J connectivity index is 2.23. The normalized spacial score (nSPS) is 10.6. The van der Waals surface area contributed by atoms with Gasteiger partial charge in [-0.05, 0) is 29.8 Å². The van der Waals surface area contributed by atoms with Crippen LogP contribution in [-0.4, -0.2) is 20.2 Å². The lowest BCUT2D eigenvalue weighted by Gasteiger charge is -2.12. The Labute approximate surface area is 141 Å². The molecule has 0 fully saturated rings. The van der Waals surface area contributed by atoms with Crippen LogP contribution in [0.4, 0.5) is 4.39 Å². The van der Waals surface area contributed by atoms with Gasteiger partial charge in [-0.1, -0.05) is 30.3 Å². The van der Waals surface area contributed by atoms with E-state index in [9.17, 15) is 23.9 Å². The molecule has 0 aliphatic heterocycles. The molecule has 126 valence electrons. The van der Waals surface area contributed by atoms with Gasteiger partial charge >= 0.3 is 11.7 Å². The number of hydrogen-bond donors (Lipinski definition) is 1. The quantitative estimate of drug-likeness (QED) is 0.786. The summed E-state index contributed by atoms with van der Waals surface area (Å²) in [7, 11) is 0. The first-order valence-corrected chi connectivity index (χ1v) is 7.37. The standard InChI is InChI=1S/C18H13FN2O4/c19-13-6-8-14(9-7-13)21-16(22)15(17(23)24)11-20(18(21)25)10-12-4-2-1-3-5-12/h1-9,11H,10H2,(H,23,24). The molecule has 0 spiro atoms. The van der Waals surface area contributed by atoms with Crippen LogP contribution in [-0.2, 0) is 6.54 Å². The molecule has 0 atom stereocenters. The molecule has 0 amide bonds. The Morgan fingerprint density at radius 3 is 2.24 bits per heavy atom. The maximum absolute atomic E-state index is 13.1. The topological polar surface area (TPSA) is 81.3 Å². The fraction of sp³-hybridized carbons (Fsp3) is 0.0556. The lowest BCUT2D eigenvalue weighted by molar-refractivity contribution is 0.0693. The number of benzene rings is 2. The van der Waals surface area contributed by atoms with Crippen LogP contribution in [0.2, 0.25) is 0 Å². The predicted molar refractivity (Wildman–Crippen MR) is 88.8 cm³/mol. The van der Waals surface area contributed by atoms with Gasteiger partial charge in [0.2, 0.25) is 0 Å². The van der Waals surface area contributed by atoms with E-state index < -0.39 is 28.6 Å². The molecule has 1 aromatic heterocycles. The van der Waals surface area contributed by atoms with E-state index in [-0.39, 0.29) is 12.2 Å². The van der Waals surface area contributed by atoms with Gasteiger partial charge in [-0.15, -0.1) is 0 Å². The molecule has 0 saturated carbocycles. The number of aromatic carboxylic acids is 1. The number of carbonyl (C=O) groups is 1. The van der Waals surface area contributed by atoms with E-state index in [1.54, 1.807) is 24.3 Å². The highest BCUT2D eigenvalue weighted by molar-refractivity contribution is 5.86. The Morgan fingerprint density at radius 2 is 1.64 bits per heavy atom. The smallest absolute Gasteiger partial charge is 0.342 e. The first kappa shape index (κ1) is 16.4. The van der Waals surface area contributed by atoms with Gasteiger partial charge in [-0.25, -0.2) is 18.5 Å². The second-order valence-corrected chi connectivity index (χ2v) is 5.36. The Morgan fingerprint density at radius 1 is 1.00 bits per heavy atom. The monoisotopic (exact) mass is 340 g/mol. The minimum absolute atomic E-state index is 0.0984. The minimum Gasteiger partial charge on any atom is -0.477 e. The molecule has 0 unspecified atom stereocenters. The summed E-state index contributed by atoms with van der Waals surface area (Å²) in [6.45, 7) is 0.0986. The number of rotatable bonds is 4. The average Bonchev–Trinajstić information content (AvgIpc) is 2.60. The van der Waals surface area contributed by atoms with Crippen LogP contribution in [0, 0.1) is 5.82 Å². The molecule has 1 heterocycles. The van der Waals surface area contributed by atoms with Crippen molar-refractivity contribution in [2.24, 2.45) is 0 Å². The molecule has 25 heavy (non-hydrogen) atoms. The van der Waals surface area contributed by atoms with Crippen molar-refractivity contribution in [2.45, 2.75) is 6.54 Å². The Kier molecular flexibility index (Phi) is 4.30. The van der Waals surface area contributed by atoms with Crippen molar-refractivity contribution in [3.05, 3.63) is 98.6 Å². The van der Waals surface area contributed by atoms with Crippen molar-refractivity contribution in [3.8, 4) is 5.69 Å². The Hall–Kier alpha value is -3.48. The summed E-state index contributed by atoms with van der Waals surface area (Å²) < 4.78 is 15.0. The molecule has 0 aliphatic rings. The highest BCUT2D eigenvalue weighted by Gasteiger charge is 2.18. The number of aromatic nitrogens is 2. The van der Waals surface area contributed by atoms with E-state index in [0.29, 0.717) is 0 Å². The summed E-state index contributed by atoms with van der Waals surface area (Å²) in [6.07, 6.45) is 1.03. The summed E-state index contributed by atoms with van der Waals surface area (Å²) in [4.78, 5) is 36.5. The highest BCUT2D eigenvalue weighted by Crippen LogP contribution is 2.06. The summed E-state index contributed by atoms with van der Waals surface area (Å²) in [5, 5.41) is 9.27. The maximum Gasteiger partial charge on any atom is 0.342 e. The molecule has 0 bridgehead atoms. The van der Waals surface area contributed by atoms with Crippen molar-refractivity contribution in [2.75, 3.05) is 0 Å². The third-order valence-electron chi connectivity index (χ3n) is 3.67. The molecule has 2 aromatic carbocycles. The third kappa shape index (κ3) is 3.25. The van der Waals surface area contributed by atoms with Gasteiger partial charge in [-0.3, -0.25) is 9.36 Å². The van der Waals surface area contributed by atoms with Gasteiger partial charge in [0.1, 0.15) is 11.4 Å². The molecule has 1 N–H and O–H groups in total. The van der Waals surface area contributed by atoms with Gasteiger partial charge in [0, 0.05) is 6.20 Å². The SMILES string of the molecule is O=C(O)c1cn(Cc2ccccc2)c(=O)n(-c2ccc(F)cc2)c1=O. The van der Waals surface area contributed by atoms with Crippen molar-refractivity contribution < 1.29 is 14.3 Å². The zero-order chi connectivity index (χ0) is 18.0. The number of carboxylic acids is 1. The third-order valence-corrected chi connectivity index (χ3v) is 3.67. The number of nitrogens with zero attached hydrogens (tertiary/aromatic N) is 2. The van der Waals surface area contributed by atoms with E-state index in [1.807, 2.05) is 6.07 Å². The number of carboxylic acid groups (broad SMARTS) is 1. The minimum atomic E-state index is -1.44. The van der Waals surface area contributed by atoms with Crippen LogP contribution in [0.15, 0.2) is 70.4 Å². The fourth-order valence-electron chi connectivity index (χ4n) is 2.46. The van der Waals surface area contributed by atoms with Gasteiger partial charge in [0.15, 0.2) is 0 Å². The van der Waals surface area contributed by atoms with Crippen LogP contribution >= 0.6 is 0 Å². The number of hydrogen-bond acceptors (Lipinski definition) is 3. The van der Waals surface area contributed by atoms with Gasteiger partial charge < -0.3 is 5.11 Å². The van der Waals surface area contributed by atoms with E-state index in [2.05, 4.69) is 0 Å². The fourth-order valence-corrected chi connectivity index (χ4v) is 2.46. The molecule has 7 heteroatoms. The van der Waals surface area contributed by atoms with Crippen molar-refractivity contribution in [3.63, 3.8) is 0 Å². The first-order chi connectivity index (χ1) is 12.0. The van der Waals surface area contributed by atoms with Crippen LogP contribution in [0.3, 0.4) is 0 Å². The summed E-state index contributed by atoms with van der Waals surface area (Å²) in [6, 6.07) is 13.6. The van der Waals surface area contributed by atoms with Crippen LogP contribution < -0.4 is 11.2 Å². The molecule has 3 rings (SSSR count). The summed E-state index contributed by atoms with van der Waals surface area (Å²) in [5.74, 6) is -1.97. The van der Waals surface area contributed by atoms with Crippen molar-refractivity contribution in [1.82, 2.24) is 9.13 Å². The molecule has 0 aliphatic carbocycles. The summed E-state index contributed by atoms with van der Waals surface area (Å²) in [5.41, 5.74) is -1.34. The van der Waals surface area contributed by atoms with Crippen LogP contribution in [0.1, 0.15) is 15.9 Å². The highest BCUT2D eigenvalue weighted by atomic mass is 19.1. The number of halogens is 1. The molecule has 6 nitrogen and oxygen atoms in total. The van der Waals surface area contributed by atoms with Gasteiger partial charge in [-0.2, -0.15) is 0 Å². The van der Waals surface area contributed by atoms with E-state index in [1.165, 1.54) is 12.1 Å². The molecule has 3 aromatic rings. The largest absolute Gasteiger partial charge is 0.477 e. The zero-order valence-electron chi connectivity index (χ0n) is 12.9. The second-order valence-electron chi connectivity index (χ2n) is 5.36. The summed E-state index contributed by atoms with van der Waals surface area (Å²) >= 11 is 0. The van der Waals surface area contributed by atoms with E-state index >= 15 is 0 Å². The van der Waals surface area contributed by atoms with E-state index in [0.717, 1.165) is 33.0 Å². The molecular formula is C18H13FN2O4. The van der Waals surface area contributed by atoms with E-state index in [4.69, 9.17) is 0 Å². The molecular weight excluding hydrogens is 327 g/mol. The van der Waals surface area contributed by atoms with Crippen molar-refractivity contribution >= 4 is 5.97 Å². The first-order valence-electron chi connectivity index (χ1n) is 7.37. The van der Waals surface area contributed by atoms with Gasteiger partial charge in [0.25, 0.3) is 5.56 Å².